The first-order valence-corrected chi connectivity index (χ1v) is 3.63. The van der Waals surface area contributed by atoms with E-state index in [4.69, 9.17) is 5.73 Å². The van der Waals surface area contributed by atoms with Gasteiger partial charge in [-0.25, -0.2) is 0 Å². The van der Waals surface area contributed by atoms with Gasteiger partial charge in [-0.15, -0.1) is 0 Å². The van der Waals surface area contributed by atoms with E-state index in [2.05, 4.69) is 9.68 Å². The number of anilines is 1. The molecule has 1 heterocycles. The van der Waals surface area contributed by atoms with Crippen LogP contribution in [0.25, 0.3) is 0 Å². The summed E-state index contributed by atoms with van der Waals surface area (Å²) >= 11 is 0. The van der Waals surface area contributed by atoms with Crippen molar-refractivity contribution >= 4 is 5.88 Å². The van der Waals surface area contributed by atoms with Crippen molar-refractivity contribution in [3.05, 3.63) is 15.9 Å². The molecule has 0 aliphatic carbocycles. The summed E-state index contributed by atoms with van der Waals surface area (Å²) in [6.07, 6.45) is 0.882. The van der Waals surface area contributed by atoms with Gasteiger partial charge in [-0.2, -0.15) is 5.16 Å². The second-order valence-corrected chi connectivity index (χ2v) is 2.62. The van der Waals surface area contributed by atoms with Gasteiger partial charge in [-0.3, -0.25) is 4.79 Å². The predicted molar refractivity (Wildman–Crippen MR) is 42.4 cm³/mol. The molecular formula is C7H12N2O2. The zero-order chi connectivity index (χ0) is 8.43. The summed E-state index contributed by atoms with van der Waals surface area (Å²) in [5.41, 5.74) is 5.77. The Hall–Kier alpha value is -1.19. The molecule has 0 saturated heterocycles. The lowest BCUT2D eigenvalue weighted by Crippen LogP contribution is -2.09. The maximum absolute atomic E-state index is 11.0. The second-order valence-electron chi connectivity index (χ2n) is 2.62. The molecule has 4 nitrogen and oxygen atoms in total. The molecule has 3 N–H and O–H groups in total. The van der Waals surface area contributed by atoms with E-state index in [1.165, 1.54) is 0 Å². The molecule has 0 fully saturated rings. The van der Waals surface area contributed by atoms with E-state index >= 15 is 0 Å². The van der Waals surface area contributed by atoms with Gasteiger partial charge in [0.25, 0.3) is 5.56 Å². The number of nitrogens with one attached hydrogen (secondary N) is 1. The van der Waals surface area contributed by atoms with Gasteiger partial charge in [0.2, 0.25) is 5.88 Å². The number of rotatable bonds is 2. The monoisotopic (exact) mass is 156 g/mol. The van der Waals surface area contributed by atoms with Crippen LogP contribution in [0.5, 0.6) is 0 Å². The van der Waals surface area contributed by atoms with Gasteiger partial charge < -0.3 is 10.3 Å². The Morgan fingerprint density at radius 3 is 2.73 bits per heavy atom. The Morgan fingerprint density at radius 2 is 2.36 bits per heavy atom. The van der Waals surface area contributed by atoms with Crippen molar-refractivity contribution in [2.45, 2.75) is 26.2 Å². The first kappa shape index (κ1) is 7.91. The smallest absolute Gasteiger partial charge is 0.285 e. The minimum Gasteiger partial charge on any atom is -0.367 e. The summed E-state index contributed by atoms with van der Waals surface area (Å²) in [4.78, 5) is 11.0. The molecule has 0 radical (unpaired) electrons. The van der Waals surface area contributed by atoms with Crippen LogP contribution in [0.3, 0.4) is 0 Å². The Balaban J connectivity index is 3.10. The molecule has 4 heteroatoms. The molecule has 1 aromatic rings. The lowest BCUT2D eigenvalue weighted by atomic mass is 10.0. The van der Waals surface area contributed by atoms with Crippen LogP contribution in [0, 0.1) is 0 Å². The average Bonchev–Trinajstić information content (AvgIpc) is 2.30. The Bertz CT molecular complexity index is 287. The Labute approximate surface area is 64.4 Å². The van der Waals surface area contributed by atoms with Gasteiger partial charge in [-0.1, -0.05) is 13.8 Å². The number of aromatic amines is 1. The zero-order valence-electron chi connectivity index (χ0n) is 6.68. The first-order valence-electron chi connectivity index (χ1n) is 3.63. The number of H-pyrrole nitrogens is 1. The van der Waals surface area contributed by atoms with Crippen molar-refractivity contribution in [3.8, 4) is 0 Å². The van der Waals surface area contributed by atoms with Gasteiger partial charge in [0.05, 0.1) is 5.56 Å². The summed E-state index contributed by atoms with van der Waals surface area (Å²) in [6, 6.07) is 0. The summed E-state index contributed by atoms with van der Waals surface area (Å²) in [5, 5.41) is 2.20. The molecule has 1 rings (SSSR count). The van der Waals surface area contributed by atoms with E-state index in [1.807, 2.05) is 13.8 Å². The predicted octanol–water partition coefficient (Wildman–Crippen LogP) is 1.06. The van der Waals surface area contributed by atoms with Crippen LogP contribution in [0.15, 0.2) is 9.32 Å². The second kappa shape index (κ2) is 2.82. The highest BCUT2D eigenvalue weighted by molar-refractivity contribution is 5.35. The maximum atomic E-state index is 11.0. The third kappa shape index (κ3) is 1.29. The third-order valence-corrected chi connectivity index (χ3v) is 1.87. The van der Waals surface area contributed by atoms with Crippen LogP contribution in [-0.4, -0.2) is 5.16 Å². The molecule has 0 aliphatic heterocycles. The van der Waals surface area contributed by atoms with E-state index in [0.29, 0.717) is 5.56 Å². The van der Waals surface area contributed by atoms with Crippen LogP contribution in [-0.2, 0) is 0 Å². The molecular weight excluding hydrogens is 144 g/mol. The molecule has 0 saturated carbocycles. The highest BCUT2D eigenvalue weighted by Crippen LogP contribution is 2.19. The van der Waals surface area contributed by atoms with Gasteiger partial charge in [0.1, 0.15) is 0 Å². The van der Waals surface area contributed by atoms with Crippen molar-refractivity contribution in [1.82, 2.24) is 5.16 Å². The normalized spacial score (nSPS) is 13.3. The molecule has 0 aromatic carbocycles. The summed E-state index contributed by atoms with van der Waals surface area (Å²) in [7, 11) is 0. The first-order chi connectivity index (χ1) is 5.16. The van der Waals surface area contributed by atoms with Crippen molar-refractivity contribution in [1.29, 1.82) is 0 Å². The molecule has 0 spiro atoms. The van der Waals surface area contributed by atoms with Gasteiger partial charge in [-0.05, 0) is 12.3 Å². The summed E-state index contributed by atoms with van der Waals surface area (Å²) in [5.74, 6) is 0.377. The Morgan fingerprint density at radius 1 is 1.73 bits per heavy atom. The van der Waals surface area contributed by atoms with Crippen molar-refractivity contribution in [3.63, 3.8) is 0 Å². The average molecular weight is 156 g/mol. The molecule has 1 aromatic heterocycles. The summed E-state index contributed by atoms with van der Waals surface area (Å²) < 4.78 is 4.66. The van der Waals surface area contributed by atoms with Crippen LogP contribution >= 0.6 is 0 Å². The fraction of sp³-hybridized carbons (Fsp3) is 0.571. The molecule has 0 unspecified atom stereocenters. The standard InChI is InChI=1S/C7H12N2O2/c1-3-4(2)5-6(8)11-9-7(5)10/h4H,3,8H2,1-2H3,(H,9,10)/t4-/m1/s1. The fourth-order valence-corrected chi connectivity index (χ4v) is 0.994. The zero-order valence-corrected chi connectivity index (χ0v) is 6.68. The summed E-state index contributed by atoms with van der Waals surface area (Å²) in [6.45, 7) is 3.94. The lowest BCUT2D eigenvalue weighted by molar-refractivity contribution is 0.429. The molecule has 11 heavy (non-hydrogen) atoms. The van der Waals surface area contributed by atoms with Gasteiger partial charge in [0, 0.05) is 0 Å². The molecule has 0 bridgehead atoms. The van der Waals surface area contributed by atoms with E-state index < -0.39 is 0 Å². The molecule has 0 aliphatic rings. The van der Waals surface area contributed by atoms with Gasteiger partial charge >= 0.3 is 0 Å². The van der Waals surface area contributed by atoms with Crippen LogP contribution in [0.4, 0.5) is 5.88 Å². The van der Waals surface area contributed by atoms with E-state index in [-0.39, 0.29) is 17.4 Å². The van der Waals surface area contributed by atoms with E-state index in [0.717, 1.165) is 6.42 Å². The highest BCUT2D eigenvalue weighted by Gasteiger charge is 2.14. The highest BCUT2D eigenvalue weighted by atomic mass is 16.5. The third-order valence-electron chi connectivity index (χ3n) is 1.87. The fourth-order valence-electron chi connectivity index (χ4n) is 0.994. The van der Waals surface area contributed by atoms with Crippen LogP contribution in [0.1, 0.15) is 31.7 Å². The maximum Gasteiger partial charge on any atom is 0.285 e. The van der Waals surface area contributed by atoms with Gasteiger partial charge in [0.15, 0.2) is 0 Å². The molecule has 0 amide bonds. The van der Waals surface area contributed by atoms with Crippen molar-refractivity contribution in [2.24, 2.45) is 0 Å². The molecule has 62 valence electrons. The topological polar surface area (TPSA) is 72.0 Å². The largest absolute Gasteiger partial charge is 0.367 e. The van der Waals surface area contributed by atoms with Crippen LogP contribution in [0.2, 0.25) is 0 Å². The number of aromatic nitrogens is 1. The number of nitrogens with two attached hydrogens (primary N) is 1. The SMILES string of the molecule is CC[C@@H](C)c1c(N)o[nH]c1=O. The van der Waals surface area contributed by atoms with E-state index in [1.54, 1.807) is 0 Å². The lowest BCUT2D eigenvalue weighted by Gasteiger charge is -2.02. The number of nitrogen functional groups attached to an aromatic ring is 1. The number of hydrogen-bond donors (Lipinski definition) is 2. The molecule has 1 atom stereocenters. The van der Waals surface area contributed by atoms with Crippen LogP contribution < -0.4 is 11.3 Å². The quantitative estimate of drug-likeness (QED) is 0.672. The van der Waals surface area contributed by atoms with Crippen molar-refractivity contribution in [2.75, 3.05) is 5.73 Å². The van der Waals surface area contributed by atoms with E-state index in [9.17, 15) is 4.79 Å². The Kier molecular flexibility index (Phi) is 2.03. The minimum absolute atomic E-state index is 0.164. The number of hydrogen-bond acceptors (Lipinski definition) is 3. The minimum atomic E-state index is -0.211. The van der Waals surface area contributed by atoms with Crippen molar-refractivity contribution < 1.29 is 4.52 Å².